The second-order valence-electron chi connectivity index (χ2n) is 3.94. The summed E-state index contributed by atoms with van der Waals surface area (Å²) in [6.07, 6.45) is -0.929. The molecule has 1 heterocycles. The molecule has 6 heteroatoms. The van der Waals surface area contributed by atoms with Crippen LogP contribution >= 0.6 is 0 Å². The van der Waals surface area contributed by atoms with E-state index in [0.29, 0.717) is 6.54 Å². The van der Waals surface area contributed by atoms with Crippen LogP contribution in [0.3, 0.4) is 0 Å². The first-order valence-corrected chi connectivity index (χ1v) is 5.53. The first-order chi connectivity index (χ1) is 7.65. The van der Waals surface area contributed by atoms with Gasteiger partial charge in [-0.15, -0.1) is 0 Å². The molecular weight excluding hydrogens is 218 g/mol. The lowest BCUT2D eigenvalue weighted by molar-refractivity contribution is -0.138. The number of piperidine rings is 1. The molecule has 0 saturated carbocycles. The third-order valence-electron chi connectivity index (χ3n) is 2.69. The predicted molar refractivity (Wildman–Crippen MR) is 55.3 cm³/mol. The number of rotatable bonds is 5. The third kappa shape index (κ3) is 4.02. The van der Waals surface area contributed by atoms with E-state index in [0.717, 1.165) is 24.3 Å². The zero-order valence-electron chi connectivity index (χ0n) is 9.16. The number of carbonyl (C=O) groups excluding carboxylic acids is 1. The summed E-state index contributed by atoms with van der Waals surface area (Å²) in [5.41, 5.74) is 0. The van der Waals surface area contributed by atoms with Crippen LogP contribution in [0.4, 0.5) is 8.78 Å². The average molecular weight is 236 g/mol. The van der Waals surface area contributed by atoms with E-state index in [-0.39, 0.29) is 25.0 Å². The summed E-state index contributed by atoms with van der Waals surface area (Å²) in [7, 11) is 0. The number of carbonyl (C=O) groups is 1. The summed E-state index contributed by atoms with van der Waals surface area (Å²) >= 11 is 0. The van der Waals surface area contributed by atoms with Crippen molar-refractivity contribution in [3.05, 3.63) is 0 Å². The van der Waals surface area contributed by atoms with Gasteiger partial charge >= 0.3 is 0 Å². The van der Waals surface area contributed by atoms with Gasteiger partial charge in [-0.25, -0.2) is 8.78 Å². The Morgan fingerprint density at radius 2 is 2.31 bits per heavy atom. The summed E-state index contributed by atoms with van der Waals surface area (Å²) in [6, 6.07) is 0. The zero-order valence-corrected chi connectivity index (χ0v) is 9.16. The van der Waals surface area contributed by atoms with E-state index in [1.807, 2.05) is 0 Å². The van der Waals surface area contributed by atoms with Crippen LogP contribution in [0.5, 0.6) is 0 Å². The molecule has 0 aromatic heterocycles. The normalized spacial score (nSPS) is 21.1. The Kier molecular flexibility index (Phi) is 5.62. The van der Waals surface area contributed by atoms with Crippen molar-refractivity contribution in [2.24, 2.45) is 5.92 Å². The number of hydrogen-bond donors (Lipinski definition) is 2. The van der Waals surface area contributed by atoms with Gasteiger partial charge in [0.2, 0.25) is 5.91 Å². The van der Waals surface area contributed by atoms with Crippen LogP contribution in [-0.4, -0.2) is 55.1 Å². The molecule has 2 N–H and O–H groups in total. The molecule has 1 atom stereocenters. The van der Waals surface area contributed by atoms with Gasteiger partial charge in [-0.1, -0.05) is 0 Å². The van der Waals surface area contributed by atoms with Crippen molar-refractivity contribution < 1.29 is 18.7 Å². The van der Waals surface area contributed by atoms with Crippen LogP contribution in [0.2, 0.25) is 0 Å². The van der Waals surface area contributed by atoms with E-state index in [2.05, 4.69) is 5.32 Å². The topological polar surface area (TPSA) is 52.6 Å². The molecule has 1 saturated heterocycles. The van der Waals surface area contributed by atoms with Crippen molar-refractivity contribution in [3.8, 4) is 0 Å². The molecule has 1 rings (SSSR count). The number of aliphatic hydroxyl groups is 1. The highest BCUT2D eigenvalue weighted by molar-refractivity contribution is 5.79. The van der Waals surface area contributed by atoms with E-state index >= 15 is 0 Å². The molecule has 0 aliphatic carbocycles. The maximum absolute atomic E-state index is 12.2. The zero-order chi connectivity index (χ0) is 12.0. The van der Waals surface area contributed by atoms with Crippen LogP contribution < -0.4 is 5.32 Å². The van der Waals surface area contributed by atoms with Crippen molar-refractivity contribution in [1.29, 1.82) is 0 Å². The number of aliphatic hydroxyl groups excluding tert-OH is 1. The summed E-state index contributed by atoms with van der Waals surface area (Å²) in [4.78, 5) is 12.9. The second kappa shape index (κ2) is 6.75. The Hall–Kier alpha value is -0.750. The molecule has 4 nitrogen and oxygen atoms in total. The largest absolute Gasteiger partial charge is 0.395 e. The Bertz CT molecular complexity index is 221. The molecule has 94 valence electrons. The van der Waals surface area contributed by atoms with Crippen LogP contribution in [0.1, 0.15) is 12.8 Å². The lowest BCUT2D eigenvalue weighted by atomic mass is 9.98. The van der Waals surface area contributed by atoms with E-state index in [1.54, 1.807) is 0 Å². The van der Waals surface area contributed by atoms with Crippen molar-refractivity contribution in [3.63, 3.8) is 0 Å². The fourth-order valence-electron chi connectivity index (χ4n) is 1.90. The molecule has 0 radical (unpaired) electrons. The SMILES string of the molecule is O=C(C1CCCNC1)N(CCO)CC(F)F. The molecule has 1 unspecified atom stereocenters. The number of nitrogens with one attached hydrogen (secondary N) is 1. The number of nitrogens with zero attached hydrogens (tertiary/aromatic N) is 1. The Morgan fingerprint density at radius 1 is 1.56 bits per heavy atom. The maximum Gasteiger partial charge on any atom is 0.255 e. The van der Waals surface area contributed by atoms with Gasteiger partial charge in [0, 0.05) is 13.1 Å². The Labute approximate surface area is 93.6 Å². The van der Waals surface area contributed by atoms with Crippen molar-refractivity contribution in [2.45, 2.75) is 19.3 Å². The first kappa shape index (κ1) is 13.3. The standard InChI is InChI=1S/C10H18F2N2O2/c11-9(12)7-14(4-5-15)10(16)8-2-1-3-13-6-8/h8-9,13,15H,1-7H2. The Balaban J connectivity index is 2.50. The van der Waals surface area contributed by atoms with Gasteiger partial charge in [0.25, 0.3) is 6.43 Å². The van der Waals surface area contributed by atoms with E-state index < -0.39 is 13.0 Å². The fourth-order valence-corrected chi connectivity index (χ4v) is 1.90. The minimum absolute atomic E-state index is 0.0142. The molecule has 16 heavy (non-hydrogen) atoms. The molecule has 0 spiro atoms. The molecule has 0 aromatic rings. The van der Waals surface area contributed by atoms with Crippen LogP contribution in [0.25, 0.3) is 0 Å². The van der Waals surface area contributed by atoms with E-state index in [1.165, 1.54) is 0 Å². The van der Waals surface area contributed by atoms with Gasteiger partial charge in [-0.3, -0.25) is 4.79 Å². The smallest absolute Gasteiger partial charge is 0.255 e. The van der Waals surface area contributed by atoms with Crippen LogP contribution in [0.15, 0.2) is 0 Å². The quantitative estimate of drug-likeness (QED) is 0.710. The van der Waals surface area contributed by atoms with E-state index in [4.69, 9.17) is 5.11 Å². The summed E-state index contributed by atoms with van der Waals surface area (Å²) < 4.78 is 24.5. The van der Waals surface area contributed by atoms with Crippen molar-refractivity contribution >= 4 is 5.91 Å². The van der Waals surface area contributed by atoms with Gasteiger partial charge < -0.3 is 15.3 Å². The predicted octanol–water partition coefficient (Wildman–Crippen LogP) is 0.0720. The highest BCUT2D eigenvalue weighted by Gasteiger charge is 2.27. The van der Waals surface area contributed by atoms with Crippen molar-refractivity contribution in [1.82, 2.24) is 10.2 Å². The number of hydrogen-bond acceptors (Lipinski definition) is 3. The highest BCUT2D eigenvalue weighted by atomic mass is 19.3. The Morgan fingerprint density at radius 3 is 2.81 bits per heavy atom. The second-order valence-corrected chi connectivity index (χ2v) is 3.94. The lowest BCUT2D eigenvalue weighted by Crippen LogP contribution is -2.45. The monoisotopic (exact) mass is 236 g/mol. The summed E-state index contributed by atoms with van der Waals surface area (Å²) in [5, 5.41) is 11.8. The number of amides is 1. The fraction of sp³-hybridized carbons (Fsp3) is 0.900. The van der Waals surface area contributed by atoms with E-state index in [9.17, 15) is 13.6 Å². The number of alkyl halides is 2. The number of halogens is 2. The van der Waals surface area contributed by atoms with Crippen LogP contribution in [0, 0.1) is 5.92 Å². The maximum atomic E-state index is 12.2. The van der Waals surface area contributed by atoms with Gasteiger partial charge in [-0.05, 0) is 19.4 Å². The molecule has 1 aliphatic rings. The molecular formula is C10H18F2N2O2. The van der Waals surface area contributed by atoms with Crippen LogP contribution in [-0.2, 0) is 4.79 Å². The molecule has 1 amide bonds. The van der Waals surface area contributed by atoms with Gasteiger partial charge in [0.15, 0.2) is 0 Å². The van der Waals surface area contributed by atoms with Gasteiger partial charge in [0.05, 0.1) is 19.1 Å². The molecule has 1 aliphatic heterocycles. The first-order valence-electron chi connectivity index (χ1n) is 5.53. The average Bonchev–Trinajstić information content (AvgIpc) is 2.28. The molecule has 0 bridgehead atoms. The highest BCUT2D eigenvalue weighted by Crippen LogP contribution is 2.14. The van der Waals surface area contributed by atoms with Crippen molar-refractivity contribution in [2.75, 3.05) is 32.8 Å². The van der Waals surface area contributed by atoms with Gasteiger partial charge in [-0.2, -0.15) is 0 Å². The molecule has 1 fully saturated rings. The summed E-state index contributed by atoms with van der Waals surface area (Å²) in [5.74, 6) is -0.499. The minimum Gasteiger partial charge on any atom is -0.395 e. The van der Waals surface area contributed by atoms with Gasteiger partial charge in [0.1, 0.15) is 0 Å². The lowest BCUT2D eigenvalue weighted by Gasteiger charge is -2.29. The minimum atomic E-state index is -2.55. The molecule has 0 aromatic carbocycles. The third-order valence-corrected chi connectivity index (χ3v) is 2.69. The summed E-state index contributed by atoms with van der Waals surface area (Å²) in [6.45, 7) is 0.538.